The molecule has 0 aliphatic carbocycles. The van der Waals surface area contributed by atoms with E-state index in [0.717, 1.165) is 10.0 Å². The van der Waals surface area contributed by atoms with Crippen molar-refractivity contribution in [3.05, 3.63) is 11.1 Å². The standard InChI is InChI=1S/C7H10N2O2S/c1-8-7-9-4-5(12-7)3-6(10)11-2/h4H,3H2,1-2H3,(H,8,9). The molecule has 1 N–H and O–H groups in total. The second kappa shape index (κ2) is 4.06. The summed E-state index contributed by atoms with van der Waals surface area (Å²) >= 11 is 1.45. The Morgan fingerprint density at radius 2 is 2.58 bits per heavy atom. The van der Waals surface area contributed by atoms with Crippen LogP contribution in [0.15, 0.2) is 6.20 Å². The molecule has 0 aromatic carbocycles. The number of ether oxygens (including phenoxy) is 1. The summed E-state index contributed by atoms with van der Waals surface area (Å²) in [6, 6.07) is 0. The van der Waals surface area contributed by atoms with Crippen molar-refractivity contribution in [3.63, 3.8) is 0 Å². The van der Waals surface area contributed by atoms with Gasteiger partial charge in [-0.1, -0.05) is 0 Å². The lowest BCUT2D eigenvalue weighted by atomic mass is 10.4. The van der Waals surface area contributed by atoms with E-state index in [-0.39, 0.29) is 5.97 Å². The van der Waals surface area contributed by atoms with E-state index in [9.17, 15) is 4.79 Å². The summed E-state index contributed by atoms with van der Waals surface area (Å²) in [5, 5.41) is 3.71. The van der Waals surface area contributed by atoms with E-state index in [1.165, 1.54) is 18.4 Å². The zero-order chi connectivity index (χ0) is 8.97. The Kier molecular flexibility index (Phi) is 3.04. The summed E-state index contributed by atoms with van der Waals surface area (Å²) in [5.74, 6) is -0.235. The summed E-state index contributed by atoms with van der Waals surface area (Å²) in [6.07, 6.45) is 1.98. The molecular weight excluding hydrogens is 176 g/mol. The summed E-state index contributed by atoms with van der Waals surface area (Å²) < 4.78 is 4.52. The topological polar surface area (TPSA) is 51.2 Å². The molecule has 66 valence electrons. The zero-order valence-corrected chi connectivity index (χ0v) is 7.77. The van der Waals surface area contributed by atoms with Gasteiger partial charge in [0.25, 0.3) is 0 Å². The average Bonchev–Trinajstić information content (AvgIpc) is 2.52. The highest BCUT2D eigenvalue weighted by Gasteiger charge is 2.05. The fourth-order valence-corrected chi connectivity index (χ4v) is 1.47. The number of anilines is 1. The maximum atomic E-state index is 10.8. The van der Waals surface area contributed by atoms with Crippen LogP contribution in [0.1, 0.15) is 4.88 Å². The van der Waals surface area contributed by atoms with Crippen LogP contribution in [-0.4, -0.2) is 25.1 Å². The predicted octanol–water partition coefficient (Wildman–Crippen LogP) is 0.900. The highest BCUT2D eigenvalue weighted by atomic mass is 32.1. The minimum atomic E-state index is -0.235. The minimum absolute atomic E-state index is 0.235. The van der Waals surface area contributed by atoms with Crippen molar-refractivity contribution in [3.8, 4) is 0 Å². The number of aromatic nitrogens is 1. The number of hydrogen-bond acceptors (Lipinski definition) is 5. The van der Waals surface area contributed by atoms with Crippen molar-refractivity contribution < 1.29 is 9.53 Å². The normalized spacial score (nSPS) is 9.50. The van der Waals surface area contributed by atoms with Crippen molar-refractivity contribution in [2.24, 2.45) is 0 Å². The molecule has 0 bridgehead atoms. The van der Waals surface area contributed by atoms with Gasteiger partial charge in [-0.3, -0.25) is 4.79 Å². The van der Waals surface area contributed by atoms with Crippen molar-refractivity contribution >= 4 is 22.4 Å². The van der Waals surface area contributed by atoms with Gasteiger partial charge >= 0.3 is 5.97 Å². The highest BCUT2D eigenvalue weighted by molar-refractivity contribution is 7.15. The smallest absolute Gasteiger partial charge is 0.310 e. The Morgan fingerprint density at radius 1 is 1.83 bits per heavy atom. The molecule has 0 fully saturated rings. The summed E-state index contributed by atoms with van der Waals surface area (Å²) in [6.45, 7) is 0. The number of rotatable bonds is 3. The van der Waals surface area contributed by atoms with Gasteiger partial charge in [-0.25, -0.2) is 4.98 Å². The van der Waals surface area contributed by atoms with Crippen molar-refractivity contribution in [2.45, 2.75) is 6.42 Å². The van der Waals surface area contributed by atoms with Crippen LogP contribution >= 0.6 is 11.3 Å². The van der Waals surface area contributed by atoms with Gasteiger partial charge in [-0.15, -0.1) is 11.3 Å². The first kappa shape index (κ1) is 8.99. The summed E-state index contributed by atoms with van der Waals surface area (Å²) in [4.78, 5) is 15.7. The summed E-state index contributed by atoms with van der Waals surface area (Å²) in [7, 11) is 3.17. The van der Waals surface area contributed by atoms with Gasteiger partial charge in [0.15, 0.2) is 5.13 Å². The number of carbonyl (C=O) groups excluding carboxylic acids is 1. The van der Waals surface area contributed by atoms with Gasteiger partial charge in [-0.05, 0) is 0 Å². The van der Waals surface area contributed by atoms with Crippen LogP contribution in [0.2, 0.25) is 0 Å². The van der Waals surface area contributed by atoms with E-state index in [2.05, 4.69) is 15.0 Å². The number of thiazole rings is 1. The Labute approximate surface area is 74.6 Å². The third-order valence-electron chi connectivity index (χ3n) is 1.31. The third kappa shape index (κ3) is 2.20. The highest BCUT2D eigenvalue weighted by Crippen LogP contribution is 2.17. The molecule has 0 saturated carbocycles. The van der Waals surface area contributed by atoms with Gasteiger partial charge in [0, 0.05) is 18.1 Å². The lowest BCUT2D eigenvalue weighted by molar-refractivity contribution is -0.139. The fourth-order valence-electron chi connectivity index (χ4n) is 0.719. The lowest BCUT2D eigenvalue weighted by Crippen LogP contribution is -2.02. The Bertz CT molecular complexity index is 272. The van der Waals surface area contributed by atoms with Crippen LogP contribution in [0.4, 0.5) is 5.13 Å². The fraction of sp³-hybridized carbons (Fsp3) is 0.429. The lowest BCUT2D eigenvalue weighted by Gasteiger charge is -1.93. The Morgan fingerprint density at radius 3 is 3.08 bits per heavy atom. The SMILES string of the molecule is CNc1ncc(CC(=O)OC)s1. The number of methoxy groups -OCH3 is 1. The second-order valence-corrected chi connectivity index (χ2v) is 3.25. The number of carbonyl (C=O) groups is 1. The molecule has 1 rings (SSSR count). The van der Waals surface area contributed by atoms with Crippen molar-refractivity contribution in [1.82, 2.24) is 4.98 Å². The van der Waals surface area contributed by atoms with E-state index in [1.54, 1.807) is 13.2 Å². The molecule has 0 spiro atoms. The van der Waals surface area contributed by atoms with E-state index >= 15 is 0 Å². The second-order valence-electron chi connectivity index (χ2n) is 2.13. The molecule has 4 nitrogen and oxygen atoms in total. The van der Waals surface area contributed by atoms with E-state index in [1.807, 2.05) is 0 Å². The van der Waals surface area contributed by atoms with Crippen LogP contribution in [0.25, 0.3) is 0 Å². The minimum Gasteiger partial charge on any atom is -0.469 e. The monoisotopic (exact) mass is 186 g/mol. The molecule has 0 unspecified atom stereocenters. The zero-order valence-electron chi connectivity index (χ0n) is 6.96. The number of hydrogen-bond donors (Lipinski definition) is 1. The van der Waals surface area contributed by atoms with Gasteiger partial charge < -0.3 is 10.1 Å². The molecule has 0 aliphatic rings. The van der Waals surface area contributed by atoms with Gasteiger partial charge in [0.1, 0.15) is 0 Å². The Balaban J connectivity index is 2.58. The number of nitrogens with zero attached hydrogens (tertiary/aromatic N) is 1. The molecule has 5 heteroatoms. The van der Waals surface area contributed by atoms with Crippen molar-refractivity contribution in [1.29, 1.82) is 0 Å². The first-order chi connectivity index (χ1) is 5.76. The largest absolute Gasteiger partial charge is 0.469 e. The van der Waals surface area contributed by atoms with Crippen LogP contribution in [-0.2, 0) is 16.0 Å². The molecular formula is C7H10N2O2S. The van der Waals surface area contributed by atoms with Gasteiger partial charge in [0.05, 0.1) is 13.5 Å². The van der Waals surface area contributed by atoms with Crippen LogP contribution in [0, 0.1) is 0 Å². The third-order valence-corrected chi connectivity index (χ3v) is 2.33. The molecule has 0 atom stereocenters. The average molecular weight is 186 g/mol. The molecule has 0 saturated heterocycles. The van der Waals surface area contributed by atoms with Crippen LogP contribution in [0.5, 0.6) is 0 Å². The Hall–Kier alpha value is -1.10. The molecule has 0 aliphatic heterocycles. The molecule has 12 heavy (non-hydrogen) atoms. The maximum absolute atomic E-state index is 10.8. The number of esters is 1. The quantitative estimate of drug-likeness (QED) is 0.712. The van der Waals surface area contributed by atoms with E-state index in [0.29, 0.717) is 6.42 Å². The van der Waals surface area contributed by atoms with Crippen LogP contribution < -0.4 is 5.32 Å². The first-order valence-electron chi connectivity index (χ1n) is 3.45. The molecule has 0 radical (unpaired) electrons. The molecule has 0 amide bonds. The first-order valence-corrected chi connectivity index (χ1v) is 4.27. The van der Waals surface area contributed by atoms with Crippen LogP contribution in [0.3, 0.4) is 0 Å². The van der Waals surface area contributed by atoms with Gasteiger partial charge in [-0.2, -0.15) is 0 Å². The van der Waals surface area contributed by atoms with E-state index in [4.69, 9.17) is 0 Å². The maximum Gasteiger partial charge on any atom is 0.310 e. The van der Waals surface area contributed by atoms with Gasteiger partial charge in [0.2, 0.25) is 0 Å². The summed E-state index contributed by atoms with van der Waals surface area (Å²) in [5.41, 5.74) is 0. The van der Waals surface area contributed by atoms with Crippen molar-refractivity contribution in [2.75, 3.05) is 19.5 Å². The van der Waals surface area contributed by atoms with E-state index < -0.39 is 0 Å². The number of nitrogens with one attached hydrogen (secondary N) is 1. The predicted molar refractivity (Wildman–Crippen MR) is 47.4 cm³/mol. The molecule has 1 aromatic rings. The molecule has 1 aromatic heterocycles. The molecule has 1 heterocycles.